The Kier molecular flexibility index (Phi) is 5.02. The third kappa shape index (κ3) is 4.80. The fourth-order valence-corrected chi connectivity index (χ4v) is 3.12. The summed E-state index contributed by atoms with van der Waals surface area (Å²) in [6, 6.07) is 8.11. The number of nitrogens with one attached hydrogen (secondary N) is 1. The number of nitrogens with zero attached hydrogens (tertiary/aromatic N) is 1. The quantitative estimate of drug-likeness (QED) is 0.645. The average molecular weight is 342 g/mol. The van der Waals surface area contributed by atoms with Gasteiger partial charge in [-0.25, -0.2) is 21.9 Å². The first kappa shape index (κ1) is 17.0. The summed E-state index contributed by atoms with van der Waals surface area (Å²) in [4.78, 5) is 10.2. The smallest absolute Gasteiger partial charge is 0.258 e. The summed E-state index contributed by atoms with van der Waals surface area (Å²) in [5.74, 6) is -2.25. The fourth-order valence-electron chi connectivity index (χ4n) is 1.97. The highest BCUT2D eigenvalue weighted by Gasteiger charge is 2.19. The van der Waals surface area contributed by atoms with Gasteiger partial charge in [0.15, 0.2) is 0 Å². The number of benzene rings is 2. The second kappa shape index (κ2) is 6.80. The lowest BCUT2D eigenvalue weighted by Crippen LogP contribution is -2.25. The Morgan fingerprint density at radius 1 is 1.09 bits per heavy atom. The van der Waals surface area contributed by atoms with Crippen LogP contribution in [-0.4, -0.2) is 13.3 Å². The van der Waals surface area contributed by atoms with Crippen LogP contribution in [0.5, 0.6) is 0 Å². The first-order chi connectivity index (χ1) is 10.8. The number of nitro benzene ring substituents is 1. The van der Waals surface area contributed by atoms with Crippen molar-refractivity contribution in [2.45, 2.75) is 12.3 Å². The van der Waals surface area contributed by atoms with E-state index in [2.05, 4.69) is 4.72 Å². The van der Waals surface area contributed by atoms with Gasteiger partial charge in [-0.15, -0.1) is 0 Å². The zero-order chi connectivity index (χ0) is 17.0. The van der Waals surface area contributed by atoms with Gasteiger partial charge in [-0.1, -0.05) is 18.2 Å². The average Bonchev–Trinajstić information content (AvgIpc) is 2.44. The minimum Gasteiger partial charge on any atom is -0.258 e. The van der Waals surface area contributed by atoms with E-state index >= 15 is 0 Å². The fraction of sp³-hybridized carbons (Fsp3) is 0.143. The van der Waals surface area contributed by atoms with E-state index in [4.69, 9.17) is 0 Å². The van der Waals surface area contributed by atoms with E-state index in [1.54, 1.807) is 0 Å². The van der Waals surface area contributed by atoms with Crippen molar-refractivity contribution in [3.63, 3.8) is 0 Å². The minimum atomic E-state index is -3.91. The van der Waals surface area contributed by atoms with Gasteiger partial charge in [-0.05, 0) is 17.7 Å². The molecule has 23 heavy (non-hydrogen) atoms. The number of nitro groups is 1. The summed E-state index contributed by atoms with van der Waals surface area (Å²) in [6.07, 6.45) is 0. The van der Waals surface area contributed by atoms with Gasteiger partial charge in [0.05, 0.1) is 10.7 Å². The largest absolute Gasteiger partial charge is 0.273 e. The molecule has 6 nitrogen and oxygen atoms in total. The first-order valence-corrected chi connectivity index (χ1v) is 8.07. The van der Waals surface area contributed by atoms with E-state index < -0.39 is 32.3 Å². The molecule has 0 saturated heterocycles. The molecule has 2 rings (SSSR count). The topological polar surface area (TPSA) is 89.3 Å². The SMILES string of the molecule is O=[N+]([O-])c1ccccc1CS(=O)(=O)NCc1cc(F)cc(F)c1. The molecule has 1 N–H and O–H groups in total. The number of halogens is 2. The Morgan fingerprint density at radius 3 is 2.30 bits per heavy atom. The van der Waals surface area contributed by atoms with Gasteiger partial charge in [0.2, 0.25) is 10.0 Å². The summed E-state index contributed by atoms with van der Waals surface area (Å²) in [6.45, 7) is -0.322. The molecule has 0 aliphatic rings. The molecule has 0 heterocycles. The maximum atomic E-state index is 13.0. The van der Waals surface area contributed by atoms with Gasteiger partial charge in [0.25, 0.3) is 5.69 Å². The van der Waals surface area contributed by atoms with Crippen molar-refractivity contribution >= 4 is 15.7 Å². The number of para-hydroxylation sites is 1. The first-order valence-electron chi connectivity index (χ1n) is 6.41. The molecule has 0 atom stereocenters. The molecule has 0 unspecified atom stereocenters. The van der Waals surface area contributed by atoms with Crippen LogP contribution in [0.15, 0.2) is 42.5 Å². The van der Waals surface area contributed by atoms with Crippen molar-refractivity contribution in [2.75, 3.05) is 0 Å². The van der Waals surface area contributed by atoms with Gasteiger partial charge in [0, 0.05) is 24.2 Å². The van der Waals surface area contributed by atoms with Crippen LogP contribution >= 0.6 is 0 Å². The molecule has 0 spiro atoms. The maximum absolute atomic E-state index is 13.0. The Labute approximate surface area is 131 Å². The van der Waals surface area contributed by atoms with E-state index in [0.717, 1.165) is 12.1 Å². The molecular formula is C14H12F2N2O4S. The highest BCUT2D eigenvalue weighted by Crippen LogP contribution is 2.20. The summed E-state index contributed by atoms with van der Waals surface area (Å²) in [7, 11) is -3.91. The monoisotopic (exact) mass is 342 g/mol. The van der Waals surface area contributed by atoms with Crippen molar-refractivity contribution in [1.29, 1.82) is 0 Å². The van der Waals surface area contributed by atoms with Gasteiger partial charge in [0.1, 0.15) is 11.6 Å². The van der Waals surface area contributed by atoms with Crippen LogP contribution < -0.4 is 4.72 Å². The Bertz CT molecular complexity index is 820. The number of rotatable bonds is 6. The molecule has 2 aromatic carbocycles. The summed E-state index contributed by atoms with van der Waals surface area (Å²) in [5, 5.41) is 10.9. The highest BCUT2D eigenvalue weighted by molar-refractivity contribution is 7.88. The lowest BCUT2D eigenvalue weighted by molar-refractivity contribution is -0.385. The van der Waals surface area contributed by atoms with E-state index in [-0.39, 0.29) is 23.4 Å². The van der Waals surface area contributed by atoms with Crippen molar-refractivity contribution in [3.8, 4) is 0 Å². The van der Waals surface area contributed by atoms with E-state index in [0.29, 0.717) is 6.07 Å². The van der Waals surface area contributed by atoms with Crippen LogP contribution in [0.2, 0.25) is 0 Å². The molecule has 122 valence electrons. The summed E-state index contributed by atoms with van der Waals surface area (Å²) < 4.78 is 52.2. The number of hydrogen-bond donors (Lipinski definition) is 1. The molecule has 9 heteroatoms. The van der Waals surface area contributed by atoms with Crippen LogP contribution in [0.4, 0.5) is 14.5 Å². The zero-order valence-corrected chi connectivity index (χ0v) is 12.5. The molecular weight excluding hydrogens is 330 g/mol. The lowest BCUT2D eigenvalue weighted by atomic mass is 10.2. The Balaban J connectivity index is 2.12. The van der Waals surface area contributed by atoms with E-state index in [9.17, 15) is 27.3 Å². The zero-order valence-electron chi connectivity index (χ0n) is 11.7. The standard InChI is InChI=1S/C14H12F2N2O4S/c15-12-5-10(6-13(16)7-12)8-17-23(21,22)9-11-3-1-2-4-14(11)18(19)20/h1-7,17H,8-9H2. The second-order valence-electron chi connectivity index (χ2n) is 4.74. The molecule has 0 saturated carbocycles. The predicted octanol–water partition coefficient (Wildman–Crippen LogP) is 2.49. The van der Waals surface area contributed by atoms with E-state index in [1.165, 1.54) is 24.3 Å². The summed E-state index contributed by atoms with van der Waals surface area (Å²) >= 11 is 0. The molecule has 2 aromatic rings. The van der Waals surface area contributed by atoms with Crippen LogP contribution in [0.1, 0.15) is 11.1 Å². The number of sulfonamides is 1. The second-order valence-corrected chi connectivity index (χ2v) is 6.55. The Morgan fingerprint density at radius 2 is 1.70 bits per heavy atom. The minimum absolute atomic E-state index is 0.0235. The molecule has 0 amide bonds. The maximum Gasteiger partial charge on any atom is 0.273 e. The van der Waals surface area contributed by atoms with Crippen molar-refractivity contribution in [2.24, 2.45) is 0 Å². The molecule has 0 aliphatic heterocycles. The third-order valence-electron chi connectivity index (χ3n) is 2.95. The Hall–Kier alpha value is -2.39. The van der Waals surface area contributed by atoms with Crippen molar-refractivity contribution in [1.82, 2.24) is 4.72 Å². The van der Waals surface area contributed by atoms with Crippen molar-refractivity contribution < 1.29 is 22.1 Å². The lowest BCUT2D eigenvalue weighted by Gasteiger charge is -2.08. The molecule has 0 aliphatic carbocycles. The molecule has 0 radical (unpaired) electrons. The predicted molar refractivity (Wildman–Crippen MR) is 78.9 cm³/mol. The normalized spacial score (nSPS) is 11.4. The van der Waals surface area contributed by atoms with Crippen LogP contribution in [-0.2, 0) is 22.3 Å². The van der Waals surface area contributed by atoms with E-state index in [1.807, 2.05) is 0 Å². The van der Waals surface area contributed by atoms with Gasteiger partial charge in [-0.2, -0.15) is 0 Å². The molecule has 0 aromatic heterocycles. The van der Waals surface area contributed by atoms with Crippen molar-refractivity contribution in [3.05, 3.63) is 75.3 Å². The van der Waals surface area contributed by atoms with Crippen LogP contribution in [0, 0.1) is 21.7 Å². The van der Waals surface area contributed by atoms with Gasteiger partial charge >= 0.3 is 0 Å². The van der Waals surface area contributed by atoms with Gasteiger partial charge < -0.3 is 0 Å². The third-order valence-corrected chi connectivity index (χ3v) is 4.23. The number of hydrogen-bond acceptors (Lipinski definition) is 4. The molecule has 0 fully saturated rings. The van der Waals surface area contributed by atoms with Gasteiger partial charge in [-0.3, -0.25) is 10.1 Å². The van der Waals surface area contributed by atoms with Crippen LogP contribution in [0.25, 0.3) is 0 Å². The van der Waals surface area contributed by atoms with Crippen LogP contribution in [0.3, 0.4) is 0 Å². The molecule has 0 bridgehead atoms. The highest BCUT2D eigenvalue weighted by atomic mass is 32.2. The summed E-state index contributed by atoms with van der Waals surface area (Å²) in [5.41, 5.74) is -0.182.